The molecule has 2 heterocycles. The highest BCUT2D eigenvalue weighted by molar-refractivity contribution is 7.12. The van der Waals surface area contributed by atoms with Crippen LogP contribution in [0.25, 0.3) is 11.0 Å². The lowest BCUT2D eigenvalue weighted by Gasteiger charge is -2.07. The Morgan fingerprint density at radius 1 is 1.19 bits per heavy atom. The molecule has 0 radical (unpaired) electrons. The lowest BCUT2D eigenvalue weighted by Crippen LogP contribution is -2.43. The average molecular weight is 388 g/mol. The Hall–Kier alpha value is -3.33. The number of ether oxygens (including phenoxy) is 2. The van der Waals surface area contributed by atoms with E-state index in [-0.39, 0.29) is 6.42 Å². The van der Waals surface area contributed by atoms with Crippen LogP contribution in [0.5, 0.6) is 5.75 Å². The molecule has 8 nitrogen and oxygen atoms in total. The Bertz CT molecular complexity index is 964. The molecule has 0 saturated carbocycles. The molecule has 0 aliphatic heterocycles. The van der Waals surface area contributed by atoms with Crippen LogP contribution in [0.1, 0.15) is 15.2 Å². The number of benzene rings is 1. The number of furan rings is 1. The normalized spacial score (nSPS) is 10.4. The fourth-order valence-corrected chi connectivity index (χ4v) is 2.93. The number of methoxy groups -OCH3 is 1. The summed E-state index contributed by atoms with van der Waals surface area (Å²) in [6, 6.07) is 8.60. The topological polar surface area (TPSA) is 107 Å². The van der Waals surface area contributed by atoms with Crippen molar-refractivity contribution in [3.05, 3.63) is 52.4 Å². The van der Waals surface area contributed by atoms with Crippen molar-refractivity contribution in [1.29, 1.82) is 0 Å². The zero-order chi connectivity index (χ0) is 19.2. The van der Waals surface area contributed by atoms with Gasteiger partial charge in [-0.2, -0.15) is 0 Å². The number of hydrogen-bond acceptors (Lipinski definition) is 7. The summed E-state index contributed by atoms with van der Waals surface area (Å²) in [5.41, 5.74) is 5.66. The number of nitrogens with one attached hydrogen (secondary N) is 2. The van der Waals surface area contributed by atoms with Crippen LogP contribution in [0, 0.1) is 0 Å². The molecule has 0 aliphatic carbocycles. The average Bonchev–Trinajstić information content (AvgIpc) is 3.34. The summed E-state index contributed by atoms with van der Waals surface area (Å²) in [7, 11) is 1.55. The first-order valence-corrected chi connectivity index (χ1v) is 8.77. The van der Waals surface area contributed by atoms with E-state index in [0.29, 0.717) is 21.8 Å². The van der Waals surface area contributed by atoms with Gasteiger partial charge in [-0.3, -0.25) is 25.2 Å². The van der Waals surface area contributed by atoms with Gasteiger partial charge in [0.2, 0.25) is 0 Å². The molecule has 0 spiro atoms. The molecule has 27 heavy (non-hydrogen) atoms. The van der Waals surface area contributed by atoms with Gasteiger partial charge in [-0.05, 0) is 23.6 Å². The van der Waals surface area contributed by atoms with E-state index < -0.39 is 24.4 Å². The molecule has 2 N–H and O–H groups in total. The third-order valence-corrected chi connectivity index (χ3v) is 4.49. The van der Waals surface area contributed by atoms with E-state index in [2.05, 4.69) is 10.9 Å². The van der Waals surface area contributed by atoms with Crippen molar-refractivity contribution < 1.29 is 28.3 Å². The fraction of sp³-hybridized carbons (Fsp3) is 0.167. The molecular weight excluding hydrogens is 372 g/mol. The molecule has 0 saturated heterocycles. The smallest absolute Gasteiger partial charge is 0.310 e. The van der Waals surface area contributed by atoms with Crippen molar-refractivity contribution in [2.45, 2.75) is 6.42 Å². The van der Waals surface area contributed by atoms with Gasteiger partial charge in [0.1, 0.15) is 11.3 Å². The fourth-order valence-electron chi connectivity index (χ4n) is 2.31. The number of hydrogen-bond donors (Lipinski definition) is 2. The molecule has 0 atom stereocenters. The van der Waals surface area contributed by atoms with Crippen LogP contribution in [-0.4, -0.2) is 31.5 Å². The van der Waals surface area contributed by atoms with E-state index in [9.17, 15) is 14.4 Å². The maximum atomic E-state index is 12.0. The van der Waals surface area contributed by atoms with Crippen LogP contribution in [0.3, 0.4) is 0 Å². The van der Waals surface area contributed by atoms with E-state index in [1.165, 1.54) is 17.6 Å². The van der Waals surface area contributed by atoms with Crippen LogP contribution in [0.15, 0.2) is 46.4 Å². The van der Waals surface area contributed by atoms with E-state index >= 15 is 0 Å². The number of rotatable bonds is 6. The molecule has 0 bridgehead atoms. The minimum Gasteiger partial charge on any atom is -0.497 e. The molecule has 3 rings (SSSR count). The summed E-state index contributed by atoms with van der Waals surface area (Å²) in [5, 5.41) is 2.51. The zero-order valence-corrected chi connectivity index (χ0v) is 15.1. The number of carbonyl (C=O) groups is 3. The molecule has 0 fully saturated rings. The number of fused-ring (bicyclic) bond motifs is 1. The van der Waals surface area contributed by atoms with Crippen LogP contribution >= 0.6 is 11.3 Å². The Morgan fingerprint density at radius 3 is 2.78 bits per heavy atom. The van der Waals surface area contributed by atoms with Crippen molar-refractivity contribution in [1.82, 2.24) is 10.9 Å². The highest BCUT2D eigenvalue weighted by Gasteiger charge is 2.14. The van der Waals surface area contributed by atoms with Crippen LogP contribution < -0.4 is 15.6 Å². The van der Waals surface area contributed by atoms with Crippen molar-refractivity contribution in [2.75, 3.05) is 13.7 Å². The quantitative estimate of drug-likeness (QED) is 0.494. The number of esters is 1. The molecule has 140 valence electrons. The minimum atomic E-state index is -0.643. The zero-order valence-electron chi connectivity index (χ0n) is 14.3. The summed E-state index contributed by atoms with van der Waals surface area (Å²) >= 11 is 1.24. The van der Waals surface area contributed by atoms with E-state index in [1.54, 1.807) is 42.8 Å². The Balaban J connectivity index is 1.47. The second-order valence-electron chi connectivity index (χ2n) is 5.44. The predicted octanol–water partition coefficient (Wildman–Crippen LogP) is 2.05. The molecule has 0 unspecified atom stereocenters. The van der Waals surface area contributed by atoms with Crippen LogP contribution in [0.4, 0.5) is 0 Å². The molecular formula is C18H16N2O6S. The van der Waals surface area contributed by atoms with Crippen molar-refractivity contribution in [3.63, 3.8) is 0 Å². The summed E-state index contributed by atoms with van der Waals surface area (Å²) in [5.74, 6) is -1.03. The lowest BCUT2D eigenvalue weighted by atomic mass is 10.1. The van der Waals surface area contributed by atoms with Crippen molar-refractivity contribution in [2.24, 2.45) is 0 Å². The number of carbonyl (C=O) groups excluding carboxylic acids is 3. The maximum absolute atomic E-state index is 12.0. The summed E-state index contributed by atoms with van der Waals surface area (Å²) in [6.07, 6.45) is 1.42. The van der Waals surface area contributed by atoms with Gasteiger partial charge in [-0.1, -0.05) is 6.07 Å². The van der Waals surface area contributed by atoms with Crippen molar-refractivity contribution >= 4 is 40.1 Å². The predicted molar refractivity (Wildman–Crippen MR) is 97.4 cm³/mol. The Kier molecular flexibility index (Phi) is 5.72. The molecule has 2 aromatic heterocycles. The summed E-state index contributed by atoms with van der Waals surface area (Å²) < 4.78 is 15.4. The molecule has 0 aliphatic rings. The number of amides is 2. The Labute approximate surface area is 158 Å². The third kappa shape index (κ3) is 4.64. The van der Waals surface area contributed by atoms with Gasteiger partial charge in [-0.25, -0.2) is 0 Å². The summed E-state index contributed by atoms with van der Waals surface area (Å²) in [6.45, 7) is -0.507. The molecule has 3 aromatic rings. The maximum Gasteiger partial charge on any atom is 0.310 e. The first kappa shape index (κ1) is 18.5. The van der Waals surface area contributed by atoms with Gasteiger partial charge in [0.25, 0.3) is 11.8 Å². The first-order chi connectivity index (χ1) is 13.1. The number of thiophene rings is 1. The van der Waals surface area contributed by atoms with E-state index in [4.69, 9.17) is 13.9 Å². The highest BCUT2D eigenvalue weighted by Crippen LogP contribution is 2.26. The Morgan fingerprint density at radius 2 is 2.04 bits per heavy atom. The molecule has 1 aromatic carbocycles. The third-order valence-electron chi connectivity index (χ3n) is 3.62. The van der Waals surface area contributed by atoms with Gasteiger partial charge < -0.3 is 13.9 Å². The highest BCUT2D eigenvalue weighted by atomic mass is 32.1. The first-order valence-electron chi connectivity index (χ1n) is 7.89. The monoisotopic (exact) mass is 388 g/mol. The van der Waals surface area contributed by atoms with Gasteiger partial charge in [0.15, 0.2) is 6.61 Å². The van der Waals surface area contributed by atoms with E-state index in [0.717, 1.165) is 5.39 Å². The van der Waals surface area contributed by atoms with E-state index in [1.807, 2.05) is 0 Å². The standard InChI is InChI=1S/C18H16N2O6S/c1-24-12-4-5-13-11(9-25-14(13)8-12)7-17(22)26-10-16(21)19-20-18(23)15-3-2-6-27-15/h2-6,8-9H,7,10H2,1H3,(H,19,21)(H,20,23). The van der Waals surface area contributed by atoms with Crippen LogP contribution in [-0.2, 0) is 20.7 Å². The number of hydrazine groups is 1. The largest absolute Gasteiger partial charge is 0.497 e. The van der Waals surface area contributed by atoms with Crippen molar-refractivity contribution in [3.8, 4) is 5.75 Å². The van der Waals surface area contributed by atoms with Crippen LogP contribution in [0.2, 0.25) is 0 Å². The van der Waals surface area contributed by atoms with Gasteiger partial charge in [-0.15, -0.1) is 11.3 Å². The SMILES string of the molecule is COc1ccc2c(CC(=O)OCC(=O)NNC(=O)c3cccs3)coc2c1. The van der Waals surface area contributed by atoms with Gasteiger partial charge in [0.05, 0.1) is 24.7 Å². The minimum absolute atomic E-state index is 0.0475. The molecule has 2 amide bonds. The second-order valence-corrected chi connectivity index (χ2v) is 6.39. The lowest BCUT2D eigenvalue weighted by molar-refractivity contribution is -0.148. The van der Waals surface area contributed by atoms with Gasteiger partial charge >= 0.3 is 5.97 Å². The molecule has 9 heteroatoms. The van der Waals surface area contributed by atoms with Gasteiger partial charge in [0, 0.05) is 17.0 Å². The summed E-state index contributed by atoms with van der Waals surface area (Å²) in [4.78, 5) is 35.8. The second kappa shape index (κ2) is 8.37.